The molecule has 2 saturated heterocycles. The molecule has 0 unspecified atom stereocenters. The van der Waals surface area contributed by atoms with Gasteiger partial charge in [0.1, 0.15) is 5.82 Å². The maximum absolute atomic E-state index is 6.25. The third kappa shape index (κ3) is 3.16. The van der Waals surface area contributed by atoms with E-state index in [1.807, 2.05) is 18.2 Å². The zero-order valence-electron chi connectivity index (χ0n) is 14.0. The molecular weight excluding hydrogens is 324 g/mol. The highest BCUT2D eigenvalue weighted by atomic mass is 35.5. The molecule has 4 rings (SSSR count). The summed E-state index contributed by atoms with van der Waals surface area (Å²) >= 11 is 6.25. The van der Waals surface area contributed by atoms with Gasteiger partial charge in [-0.25, -0.2) is 4.98 Å². The molecule has 2 fully saturated rings. The van der Waals surface area contributed by atoms with Crippen molar-refractivity contribution in [3.05, 3.63) is 29.3 Å². The van der Waals surface area contributed by atoms with Crippen LogP contribution in [0.1, 0.15) is 0 Å². The van der Waals surface area contributed by atoms with E-state index < -0.39 is 0 Å². The quantitative estimate of drug-likeness (QED) is 0.834. The number of morpholine rings is 1. The molecule has 2 aliphatic rings. The van der Waals surface area contributed by atoms with Crippen LogP contribution in [0.4, 0.5) is 11.5 Å². The van der Waals surface area contributed by atoms with Gasteiger partial charge in [-0.1, -0.05) is 11.6 Å². The Hall–Kier alpha value is -1.56. The van der Waals surface area contributed by atoms with Crippen LogP contribution in [0.2, 0.25) is 5.02 Å². The van der Waals surface area contributed by atoms with E-state index in [1.165, 1.54) is 5.69 Å². The van der Waals surface area contributed by atoms with E-state index >= 15 is 0 Å². The van der Waals surface area contributed by atoms with Crippen molar-refractivity contribution < 1.29 is 4.74 Å². The molecule has 0 bridgehead atoms. The zero-order chi connectivity index (χ0) is 16.5. The summed E-state index contributed by atoms with van der Waals surface area (Å²) in [6, 6.07) is 8.21. The van der Waals surface area contributed by atoms with Crippen LogP contribution in [0.25, 0.3) is 10.9 Å². The van der Waals surface area contributed by atoms with Gasteiger partial charge in [-0.05, 0) is 25.2 Å². The number of fused-ring (bicyclic) bond motifs is 1. The van der Waals surface area contributed by atoms with Crippen molar-refractivity contribution in [3.8, 4) is 0 Å². The molecule has 0 saturated carbocycles. The normalized spacial score (nSPS) is 19.9. The van der Waals surface area contributed by atoms with Crippen molar-refractivity contribution in [1.82, 2.24) is 9.88 Å². The van der Waals surface area contributed by atoms with Gasteiger partial charge in [-0.15, -0.1) is 0 Å². The standard InChI is InChI=1S/C18H23ClN4O/c1-21-4-6-23(7-5-21)18-13-17(22-8-10-24-11-9-22)15-12-14(19)2-3-16(15)20-18/h2-3,12-13H,4-11H2,1H3. The number of benzene rings is 1. The summed E-state index contributed by atoms with van der Waals surface area (Å²) < 4.78 is 5.52. The fourth-order valence-corrected chi connectivity index (χ4v) is 3.60. The summed E-state index contributed by atoms with van der Waals surface area (Å²) in [6.07, 6.45) is 0. The first-order chi connectivity index (χ1) is 11.7. The molecule has 5 nitrogen and oxygen atoms in total. The molecule has 0 radical (unpaired) electrons. The van der Waals surface area contributed by atoms with Crippen LogP contribution in [-0.4, -0.2) is 69.4 Å². The highest BCUT2D eigenvalue weighted by Gasteiger charge is 2.20. The van der Waals surface area contributed by atoms with Gasteiger partial charge in [0.2, 0.25) is 0 Å². The third-order valence-electron chi connectivity index (χ3n) is 4.91. The number of likely N-dealkylation sites (N-methyl/N-ethyl adjacent to an activating group) is 1. The van der Waals surface area contributed by atoms with Crippen LogP contribution in [-0.2, 0) is 4.74 Å². The molecule has 1 aromatic heterocycles. The van der Waals surface area contributed by atoms with E-state index in [1.54, 1.807) is 0 Å². The smallest absolute Gasteiger partial charge is 0.131 e. The predicted molar refractivity (Wildman–Crippen MR) is 99.5 cm³/mol. The number of ether oxygens (including phenoxy) is 1. The number of hydrogen-bond acceptors (Lipinski definition) is 5. The molecule has 2 aliphatic heterocycles. The van der Waals surface area contributed by atoms with Crippen molar-refractivity contribution in [2.45, 2.75) is 0 Å². The maximum atomic E-state index is 6.25. The number of aromatic nitrogens is 1. The van der Waals surface area contributed by atoms with E-state index in [0.29, 0.717) is 0 Å². The van der Waals surface area contributed by atoms with E-state index in [9.17, 15) is 0 Å². The zero-order valence-corrected chi connectivity index (χ0v) is 14.8. The Kier molecular flexibility index (Phi) is 4.48. The number of pyridine rings is 1. The largest absolute Gasteiger partial charge is 0.378 e. The van der Waals surface area contributed by atoms with E-state index in [4.69, 9.17) is 21.3 Å². The Balaban J connectivity index is 1.76. The number of nitrogens with zero attached hydrogens (tertiary/aromatic N) is 4. The van der Waals surface area contributed by atoms with Crippen LogP contribution in [0.3, 0.4) is 0 Å². The first-order valence-corrected chi connectivity index (χ1v) is 8.95. The molecule has 6 heteroatoms. The number of hydrogen-bond donors (Lipinski definition) is 0. The Morgan fingerprint density at radius 1 is 0.958 bits per heavy atom. The van der Waals surface area contributed by atoms with Crippen LogP contribution < -0.4 is 9.80 Å². The Bertz CT molecular complexity index is 724. The van der Waals surface area contributed by atoms with Gasteiger partial charge in [0, 0.05) is 55.7 Å². The van der Waals surface area contributed by atoms with Gasteiger partial charge in [0.25, 0.3) is 0 Å². The van der Waals surface area contributed by atoms with Gasteiger partial charge in [-0.3, -0.25) is 0 Å². The summed E-state index contributed by atoms with van der Waals surface area (Å²) in [5.41, 5.74) is 2.23. The second-order valence-electron chi connectivity index (χ2n) is 6.55. The molecule has 0 amide bonds. The first-order valence-electron chi connectivity index (χ1n) is 8.57. The predicted octanol–water partition coefficient (Wildman–Crippen LogP) is 2.48. The molecule has 1 aromatic carbocycles. The fourth-order valence-electron chi connectivity index (χ4n) is 3.43. The average molecular weight is 347 g/mol. The molecule has 3 heterocycles. The van der Waals surface area contributed by atoms with Crippen LogP contribution >= 0.6 is 11.6 Å². The number of anilines is 2. The monoisotopic (exact) mass is 346 g/mol. The van der Waals surface area contributed by atoms with Crippen molar-refractivity contribution in [2.24, 2.45) is 0 Å². The lowest BCUT2D eigenvalue weighted by atomic mass is 10.1. The lowest BCUT2D eigenvalue weighted by molar-refractivity contribution is 0.123. The van der Waals surface area contributed by atoms with Crippen LogP contribution in [0.15, 0.2) is 24.3 Å². The summed E-state index contributed by atoms with van der Waals surface area (Å²) in [6.45, 7) is 7.56. The first kappa shape index (κ1) is 15.9. The molecule has 0 aliphatic carbocycles. The minimum absolute atomic E-state index is 0.756. The molecule has 2 aromatic rings. The fraction of sp³-hybridized carbons (Fsp3) is 0.500. The summed E-state index contributed by atoms with van der Waals surface area (Å²) in [7, 11) is 2.17. The second-order valence-corrected chi connectivity index (χ2v) is 6.99. The number of rotatable bonds is 2. The van der Waals surface area contributed by atoms with Gasteiger partial charge in [0.15, 0.2) is 0 Å². The van der Waals surface area contributed by atoms with Crippen molar-refractivity contribution in [1.29, 1.82) is 0 Å². The minimum atomic E-state index is 0.756. The average Bonchev–Trinajstić information content (AvgIpc) is 2.62. The molecule has 24 heavy (non-hydrogen) atoms. The number of halogens is 1. The Morgan fingerprint density at radius 2 is 1.71 bits per heavy atom. The van der Waals surface area contributed by atoms with Gasteiger partial charge in [0.05, 0.1) is 24.4 Å². The van der Waals surface area contributed by atoms with E-state index in [2.05, 4.69) is 27.8 Å². The summed E-state index contributed by atoms with van der Waals surface area (Å²) in [4.78, 5) is 12.1. The van der Waals surface area contributed by atoms with Crippen LogP contribution in [0, 0.1) is 0 Å². The SMILES string of the molecule is CN1CCN(c2cc(N3CCOCC3)c3cc(Cl)ccc3n2)CC1. The molecule has 0 N–H and O–H groups in total. The molecule has 128 valence electrons. The van der Waals surface area contributed by atoms with Gasteiger partial charge >= 0.3 is 0 Å². The number of piperazine rings is 1. The summed E-state index contributed by atoms with van der Waals surface area (Å²) in [5.74, 6) is 1.07. The van der Waals surface area contributed by atoms with Crippen molar-refractivity contribution >= 4 is 34.0 Å². The van der Waals surface area contributed by atoms with Crippen molar-refractivity contribution in [3.63, 3.8) is 0 Å². The topological polar surface area (TPSA) is 31.8 Å². The minimum Gasteiger partial charge on any atom is -0.378 e. The van der Waals surface area contributed by atoms with Crippen LogP contribution in [0.5, 0.6) is 0 Å². The lowest BCUT2D eigenvalue weighted by Crippen LogP contribution is -2.45. The van der Waals surface area contributed by atoms with Gasteiger partial charge < -0.3 is 19.4 Å². The molecular formula is C18H23ClN4O. The maximum Gasteiger partial charge on any atom is 0.131 e. The summed E-state index contributed by atoms with van der Waals surface area (Å²) in [5, 5.41) is 1.88. The van der Waals surface area contributed by atoms with Crippen molar-refractivity contribution in [2.75, 3.05) is 69.3 Å². The third-order valence-corrected chi connectivity index (χ3v) is 5.15. The van der Waals surface area contributed by atoms with E-state index in [0.717, 1.165) is 74.2 Å². The lowest BCUT2D eigenvalue weighted by Gasteiger charge is -2.35. The highest BCUT2D eigenvalue weighted by molar-refractivity contribution is 6.31. The highest BCUT2D eigenvalue weighted by Crippen LogP contribution is 2.32. The Labute approximate surface area is 147 Å². The van der Waals surface area contributed by atoms with Gasteiger partial charge in [-0.2, -0.15) is 0 Å². The van der Waals surface area contributed by atoms with E-state index in [-0.39, 0.29) is 0 Å². The molecule has 0 atom stereocenters. The molecule has 0 spiro atoms. The second kappa shape index (κ2) is 6.75. The Morgan fingerprint density at radius 3 is 2.46 bits per heavy atom.